The van der Waals surface area contributed by atoms with Gasteiger partial charge in [0, 0.05) is 38.6 Å². The number of fused-ring (bicyclic) bond motifs is 1. The van der Waals surface area contributed by atoms with Gasteiger partial charge in [-0.15, -0.1) is 0 Å². The van der Waals surface area contributed by atoms with Crippen LogP contribution in [0.3, 0.4) is 0 Å². The van der Waals surface area contributed by atoms with Gasteiger partial charge in [0.2, 0.25) is 5.91 Å². The van der Waals surface area contributed by atoms with Gasteiger partial charge in [-0.1, -0.05) is 36.4 Å². The summed E-state index contributed by atoms with van der Waals surface area (Å²) in [6, 6.07) is 14.6. The maximum absolute atomic E-state index is 13.0. The number of nitrogens with zero attached hydrogens (tertiary/aromatic N) is 4. The van der Waals surface area contributed by atoms with Gasteiger partial charge in [-0.25, -0.2) is 0 Å². The van der Waals surface area contributed by atoms with Crippen LogP contribution in [0.25, 0.3) is 0 Å². The van der Waals surface area contributed by atoms with Gasteiger partial charge in [-0.05, 0) is 24.1 Å². The summed E-state index contributed by atoms with van der Waals surface area (Å²) in [6.07, 6.45) is 3.32. The smallest absolute Gasteiger partial charge is 0.272 e. The Labute approximate surface area is 185 Å². The highest BCUT2D eigenvalue weighted by atomic mass is 16.2. The van der Waals surface area contributed by atoms with E-state index in [2.05, 4.69) is 20.7 Å². The number of carbonyl (C=O) groups is 3. The zero-order valence-corrected chi connectivity index (χ0v) is 17.9. The molecule has 4 rings (SSSR count). The summed E-state index contributed by atoms with van der Waals surface area (Å²) >= 11 is 0. The van der Waals surface area contributed by atoms with E-state index in [1.165, 1.54) is 15.6 Å². The van der Waals surface area contributed by atoms with Crippen LogP contribution in [0.1, 0.15) is 39.0 Å². The van der Waals surface area contributed by atoms with Crippen molar-refractivity contribution < 1.29 is 14.4 Å². The molecule has 32 heavy (non-hydrogen) atoms. The van der Waals surface area contributed by atoms with Crippen LogP contribution in [0, 0.1) is 0 Å². The Morgan fingerprint density at radius 3 is 2.50 bits per heavy atom. The average molecular weight is 432 g/mol. The molecule has 0 radical (unpaired) electrons. The molecule has 0 saturated carbocycles. The normalized spacial score (nSPS) is 17.6. The molecule has 9 nitrogen and oxygen atoms in total. The molecule has 3 amide bonds. The summed E-state index contributed by atoms with van der Waals surface area (Å²) in [5.41, 5.74) is 1.06. The van der Waals surface area contributed by atoms with Crippen molar-refractivity contribution in [2.75, 3.05) is 7.05 Å². The lowest BCUT2D eigenvalue weighted by atomic mass is 9.96. The summed E-state index contributed by atoms with van der Waals surface area (Å²) < 4.78 is 1.43. The average Bonchev–Trinajstić information content (AvgIpc) is 3.24. The number of likely N-dealkylation sites (N-methyl/N-ethyl adjacent to an activating group) is 1. The number of nitrogens with one attached hydrogen (secondary N) is 2. The Morgan fingerprint density at radius 1 is 1.06 bits per heavy atom. The first-order chi connectivity index (χ1) is 15.4. The maximum Gasteiger partial charge on any atom is 0.272 e. The molecule has 0 bridgehead atoms. The molecule has 1 aliphatic rings. The zero-order valence-electron chi connectivity index (χ0n) is 17.9. The van der Waals surface area contributed by atoms with E-state index < -0.39 is 11.4 Å². The molecule has 2 N–H and O–H groups in total. The van der Waals surface area contributed by atoms with E-state index in [1.54, 1.807) is 32.4 Å². The zero-order chi connectivity index (χ0) is 22.7. The highest BCUT2D eigenvalue weighted by Crippen LogP contribution is 2.26. The van der Waals surface area contributed by atoms with Gasteiger partial charge < -0.3 is 15.5 Å². The largest absolute Gasteiger partial charge is 0.350 e. The quantitative estimate of drug-likeness (QED) is 0.612. The highest BCUT2D eigenvalue weighted by Gasteiger charge is 2.46. The molecule has 0 unspecified atom stereocenters. The minimum Gasteiger partial charge on any atom is -0.350 e. The first kappa shape index (κ1) is 21.2. The molecule has 0 saturated heterocycles. The molecule has 164 valence electrons. The molecule has 1 aliphatic heterocycles. The van der Waals surface area contributed by atoms with Crippen molar-refractivity contribution in [3.05, 3.63) is 83.4 Å². The Balaban J connectivity index is 1.48. The molecule has 0 spiro atoms. The van der Waals surface area contributed by atoms with E-state index in [-0.39, 0.29) is 29.7 Å². The molecule has 2 aromatic heterocycles. The van der Waals surface area contributed by atoms with Crippen LogP contribution in [0.5, 0.6) is 0 Å². The minimum atomic E-state index is -1.14. The molecule has 0 fully saturated rings. The van der Waals surface area contributed by atoms with Gasteiger partial charge in [-0.3, -0.25) is 24.0 Å². The summed E-state index contributed by atoms with van der Waals surface area (Å²) in [5.74, 6) is -1.06. The van der Waals surface area contributed by atoms with E-state index in [9.17, 15) is 14.4 Å². The van der Waals surface area contributed by atoms with E-state index in [1.807, 2.05) is 36.4 Å². The second-order valence-corrected chi connectivity index (χ2v) is 7.92. The number of pyridine rings is 1. The van der Waals surface area contributed by atoms with Gasteiger partial charge in [0.1, 0.15) is 11.2 Å². The van der Waals surface area contributed by atoms with Crippen LogP contribution in [0.15, 0.2) is 60.9 Å². The summed E-state index contributed by atoms with van der Waals surface area (Å²) in [7, 11) is 1.59. The molecular formula is C23H24N6O3. The Bertz CT molecular complexity index is 1150. The van der Waals surface area contributed by atoms with Crippen LogP contribution in [0.2, 0.25) is 0 Å². The highest BCUT2D eigenvalue weighted by molar-refractivity contribution is 6.01. The fourth-order valence-corrected chi connectivity index (χ4v) is 3.58. The number of benzene rings is 1. The van der Waals surface area contributed by atoms with Crippen molar-refractivity contribution >= 4 is 17.7 Å². The fraction of sp³-hybridized carbons (Fsp3) is 0.261. The molecule has 0 aliphatic carbocycles. The van der Waals surface area contributed by atoms with E-state index in [0.29, 0.717) is 13.1 Å². The lowest BCUT2D eigenvalue weighted by molar-refractivity contribution is -0.132. The number of amides is 3. The molecule has 3 heterocycles. The van der Waals surface area contributed by atoms with Crippen LogP contribution in [-0.4, -0.2) is 50.0 Å². The SMILES string of the molecule is CN1C(=O)c2cc(C(=O)NCc3cccnc3)nn2C[C@]1(C)C(=O)NCc1ccccc1. The maximum atomic E-state index is 13.0. The number of rotatable bonds is 6. The monoisotopic (exact) mass is 432 g/mol. The number of carbonyl (C=O) groups excluding carboxylic acids is 3. The molecule has 3 aromatic rings. The van der Waals surface area contributed by atoms with Crippen molar-refractivity contribution in [3.8, 4) is 0 Å². The van der Waals surface area contributed by atoms with E-state index >= 15 is 0 Å². The van der Waals surface area contributed by atoms with Gasteiger partial charge in [0.15, 0.2) is 5.69 Å². The van der Waals surface area contributed by atoms with Crippen molar-refractivity contribution in [3.63, 3.8) is 0 Å². The third-order valence-electron chi connectivity index (χ3n) is 5.70. The van der Waals surface area contributed by atoms with Crippen molar-refractivity contribution in [1.82, 2.24) is 30.3 Å². The topological polar surface area (TPSA) is 109 Å². The third kappa shape index (κ3) is 4.09. The van der Waals surface area contributed by atoms with E-state index in [0.717, 1.165) is 11.1 Å². The minimum absolute atomic E-state index is 0.125. The van der Waals surface area contributed by atoms with Gasteiger partial charge >= 0.3 is 0 Å². The van der Waals surface area contributed by atoms with Crippen molar-refractivity contribution in [2.45, 2.75) is 32.1 Å². The Morgan fingerprint density at radius 2 is 1.78 bits per heavy atom. The second kappa shape index (κ2) is 8.62. The van der Waals surface area contributed by atoms with Gasteiger partial charge in [0.25, 0.3) is 11.8 Å². The van der Waals surface area contributed by atoms with Crippen molar-refractivity contribution in [2.24, 2.45) is 0 Å². The van der Waals surface area contributed by atoms with Crippen LogP contribution >= 0.6 is 0 Å². The number of hydrogen-bond donors (Lipinski definition) is 2. The fourth-order valence-electron chi connectivity index (χ4n) is 3.58. The molecular weight excluding hydrogens is 408 g/mol. The lowest BCUT2D eigenvalue weighted by Gasteiger charge is -2.40. The van der Waals surface area contributed by atoms with E-state index in [4.69, 9.17) is 0 Å². The number of aromatic nitrogens is 3. The summed E-state index contributed by atoms with van der Waals surface area (Å²) in [4.78, 5) is 44.0. The Kier molecular flexibility index (Phi) is 5.72. The summed E-state index contributed by atoms with van der Waals surface area (Å²) in [6.45, 7) is 2.48. The van der Waals surface area contributed by atoms with Crippen LogP contribution < -0.4 is 10.6 Å². The standard InChI is InChI=1S/C23H24N6O3/c1-23(22(32)26-13-16-7-4-3-5-8-16)15-29-19(21(31)28(23)2)11-18(27-29)20(30)25-14-17-9-6-10-24-12-17/h3-12H,13-15H2,1-2H3,(H,25,30)(H,26,32)/t23-/m1/s1. The summed E-state index contributed by atoms with van der Waals surface area (Å²) in [5, 5.41) is 9.98. The Hall–Kier alpha value is -4.01. The first-order valence-corrected chi connectivity index (χ1v) is 10.2. The van der Waals surface area contributed by atoms with Crippen molar-refractivity contribution in [1.29, 1.82) is 0 Å². The van der Waals surface area contributed by atoms with Crippen LogP contribution in [0.4, 0.5) is 0 Å². The number of hydrogen-bond acceptors (Lipinski definition) is 5. The first-order valence-electron chi connectivity index (χ1n) is 10.2. The second-order valence-electron chi connectivity index (χ2n) is 7.92. The van der Waals surface area contributed by atoms with Crippen LogP contribution in [-0.2, 0) is 24.4 Å². The lowest BCUT2D eigenvalue weighted by Crippen LogP contribution is -2.62. The third-order valence-corrected chi connectivity index (χ3v) is 5.70. The molecule has 9 heteroatoms. The van der Waals surface area contributed by atoms with Gasteiger partial charge in [-0.2, -0.15) is 5.10 Å². The predicted molar refractivity (Wildman–Crippen MR) is 116 cm³/mol. The van der Waals surface area contributed by atoms with Gasteiger partial charge in [0.05, 0.1) is 6.54 Å². The molecule has 1 aromatic carbocycles. The molecule has 1 atom stereocenters. The predicted octanol–water partition coefficient (Wildman–Crippen LogP) is 1.37.